The zero-order valence-electron chi connectivity index (χ0n) is 15.3. The highest BCUT2D eigenvalue weighted by atomic mass is 16.5. The van der Waals surface area contributed by atoms with Crippen LogP contribution in [-0.2, 0) is 4.79 Å². The van der Waals surface area contributed by atoms with Crippen molar-refractivity contribution in [2.24, 2.45) is 0 Å². The maximum atomic E-state index is 12.0. The fraction of sp³-hybridized carbons (Fsp3) is 0.348. The van der Waals surface area contributed by atoms with Crippen LogP contribution in [0.3, 0.4) is 0 Å². The third kappa shape index (κ3) is 5.80. The SMILES string of the molecule is CCCOc1ccc(C#Cc2ccc(C(C)C(=O)CCC)cc2)cc1. The highest BCUT2D eigenvalue weighted by Crippen LogP contribution is 2.19. The second-order valence-electron chi connectivity index (χ2n) is 6.18. The molecular formula is C23H26O2. The second kappa shape index (κ2) is 9.69. The Kier molecular flexibility index (Phi) is 7.29. The number of ketones is 1. The summed E-state index contributed by atoms with van der Waals surface area (Å²) in [5, 5.41) is 0. The molecule has 0 fully saturated rings. The maximum absolute atomic E-state index is 12.0. The summed E-state index contributed by atoms with van der Waals surface area (Å²) < 4.78 is 5.57. The molecule has 2 aromatic carbocycles. The Hall–Kier alpha value is -2.53. The zero-order valence-corrected chi connectivity index (χ0v) is 15.3. The van der Waals surface area contributed by atoms with E-state index in [9.17, 15) is 4.79 Å². The summed E-state index contributed by atoms with van der Waals surface area (Å²) in [6.07, 6.45) is 2.54. The Balaban J connectivity index is 2.02. The van der Waals surface area contributed by atoms with Gasteiger partial charge in [-0.2, -0.15) is 0 Å². The Morgan fingerprint density at radius 3 is 2.00 bits per heavy atom. The molecule has 0 aliphatic rings. The van der Waals surface area contributed by atoms with Gasteiger partial charge < -0.3 is 4.74 Å². The van der Waals surface area contributed by atoms with Crippen molar-refractivity contribution in [2.75, 3.05) is 6.61 Å². The van der Waals surface area contributed by atoms with Gasteiger partial charge in [-0.3, -0.25) is 4.79 Å². The van der Waals surface area contributed by atoms with Crippen LogP contribution in [0.2, 0.25) is 0 Å². The summed E-state index contributed by atoms with van der Waals surface area (Å²) in [6, 6.07) is 15.8. The maximum Gasteiger partial charge on any atom is 0.140 e. The van der Waals surface area contributed by atoms with Gasteiger partial charge in [0.15, 0.2) is 0 Å². The van der Waals surface area contributed by atoms with Crippen LogP contribution in [0.25, 0.3) is 0 Å². The van der Waals surface area contributed by atoms with Crippen molar-refractivity contribution >= 4 is 5.78 Å². The lowest BCUT2D eigenvalue weighted by molar-refractivity contribution is -0.120. The van der Waals surface area contributed by atoms with E-state index in [1.165, 1.54) is 0 Å². The smallest absolute Gasteiger partial charge is 0.140 e. The van der Waals surface area contributed by atoms with E-state index in [4.69, 9.17) is 4.74 Å². The van der Waals surface area contributed by atoms with E-state index in [0.717, 1.165) is 41.9 Å². The van der Waals surface area contributed by atoms with Gasteiger partial charge >= 0.3 is 0 Å². The molecule has 0 aromatic heterocycles. The molecule has 0 bridgehead atoms. The van der Waals surface area contributed by atoms with Crippen molar-refractivity contribution < 1.29 is 9.53 Å². The summed E-state index contributed by atoms with van der Waals surface area (Å²) in [6.45, 7) is 6.83. The highest BCUT2D eigenvalue weighted by molar-refractivity contribution is 5.85. The first kappa shape index (κ1) is 18.8. The first-order valence-electron chi connectivity index (χ1n) is 9.01. The van der Waals surface area contributed by atoms with Crippen LogP contribution in [-0.4, -0.2) is 12.4 Å². The number of carbonyl (C=O) groups is 1. The number of Topliss-reactive ketones (excluding diaryl/α,β-unsaturated/α-hetero) is 1. The molecule has 2 rings (SSSR count). The molecule has 2 heteroatoms. The van der Waals surface area contributed by atoms with Gasteiger partial charge in [0, 0.05) is 23.5 Å². The Bertz CT molecular complexity index is 730. The fourth-order valence-electron chi connectivity index (χ4n) is 2.50. The number of benzene rings is 2. The van der Waals surface area contributed by atoms with Crippen LogP contribution in [0.1, 0.15) is 62.6 Å². The molecule has 2 aromatic rings. The number of rotatable bonds is 7. The zero-order chi connectivity index (χ0) is 18.1. The van der Waals surface area contributed by atoms with Gasteiger partial charge in [0.25, 0.3) is 0 Å². The van der Waals surface area contributed by atoms with E-state index in [1.807, 2.05) is 62.4 Å². The van der Waals surface area contributed by atoms with Gasteiger partial charge in [0.2, 0.25) is 0 Å². The van der Waals surface area contributed by atoms with E-state index >= 15 is 0 Å². The van der Waals surface area contributed by atoms with E-state index in [1.54, 1.807) is 0 Å². The average Bonchev–Trinajstić information content (AvgIpc) is 2.65. The quantitative estimate of drug-likeness (QED) is 0.638. The van der Waals surface area contributed by atoms with Crippen molar-refractivity contribution in [3.63, 3.8) is 0 Å². The van der Waals surface area contributed by atoms with Crippen molar-refractivity contribution in [3.8, 4) is 17.6 Å². The lowest BCUT2D eigenvalue weighted by atomic mass is 9.93. The predicted molar refractivity (Wildman–Crippen MR) is 103 cm³/mol. The van der Waals surface area contributed by atoms with Crippen molar-refractivity contribution in [1.82, 2.24) is 0 Å². The lowest BCUT2D eigenvalue weighted by Gasteiger charge is -2.10. The number of hydrogen-bond donors (Lipinski definition) is 0. The molecule has 1 atom stereocenters. The van der Waals surface area contributed by atoms with E-state index in [2.05, 4.69) is 18.8 Å². The van der Waals surface area contributed by atoms with Gasteiger partial charge in [-0.25, -0.2) is 0 Å². The molecule has 0 spiro atoms. The standard InChI is InChI=1S/C23H26O2/c1-4-6-23(24)18(3)21-13-9-19(10-14-21)7-8-20-11-15-22(16-12-20)25-17-5-2/h9-16,18H,4-6,17H2,1-3H3. The molecule has 0 radical (unpaired) electrons. The first-order valence-corrected chi connectivity index (χ1v) is 9.01. The summed E-state index contributed by atoms with van der Waals surface area (Å²) in [4.78, 5) is 12.0. The molecule has 25 heavy (non-hydrogen) atoms. The third-order valence-electron chi connectivity index (χ3n) is 4.07. The van der Waals surface area contributed by atoms with Gasteiger partial charge in [-0.15, -0.1) is 0 Å². The molecule has 1 unspecified atom stereocenters. The molecule has 0 aliphatic carbocycles. The molecule has 0 aliphatic heterocycles. The molecule has 2 nitrogen and oxygen atoms in total. The minimum atomic E-state index is -0.0439. The minimum absolute atomic E-state index is 0.0439. The second-order valence-corrected chi connectivity index (χ2v) is 6.18. The van der Waals surface area contributed by atoms with Crippen molar-refractivity contribution in [1.29, 1.82) is 0 Å². The average molecular weight is 334 g/mol. The largest absolute Gasteiger partial charge is 0.494 e. The third-order valence-corrected chi connectivity index (χ3v) is 4.07. The van der Waals surface area contributed by atoms with Crippen LogP contribution in [0, 0.1) is 11.8 Å². The molecule has 0 saturated heterocycles. The van der Waals surface area contributed by atoms with Crippen LogP contribution >= 0.6 is 0 Å². The van der Waals surface area contributed by atoms with Crippen LogP contribution in [0.15, 0.2) is 48.5 Å². The highest BCUT2D eigenvalue weighted by Gasteiger charge is 2.13. The van der Waals surface area contributed by atoms with Gasteiger partial charge in [0.1, 0.15) is 11.5 Å². The van der Waals surface area contributed by atoms with Crippen LogP contribution in [0.5, 0.6) is 5.75 Å². The predicted octanol–water partition coefficient (Wildman–Crippen LogP) is 5.35. The van der Waals surface area contributed by atoms with Gasteiger partial charge in [-0.1, -0.05) is 44.7 Å². The minimum Gasteiger partial charge on any atom is -0.494 e. The lowest BCUT2D eigenvalue weighted by Crippen LogP contribution is -2.08. The van der Waals surface area contributed by atoms with E-state index < -0.39 is 0 Å². The topological polar surface area (TPSA) is 26.3 Å². The van der Waals surface area contributed by atoms with Crippen LogP contribution in [0.4, 0.5) is 0 Å². The molecule has 0 amide bonds. The molecule has 0 saturated carbocycles. The van der Waals surface area contributed by atoms with Crippen molar-refractivity contribution in [2.45, 2.75) is 46.0 Å². The number of ether oxygens (including phenoxy) is 1. The van der Waals surface area contributed by atoms with E-state index in [-0.39, 0.29) is 5.92 Å². The molecular weight excluding hydrogens is 308 g/mol. The summed E-state index contributed by atoms with van der Waals surface area (Å²) in [7, 11) is 0. The molecule has 0 heterocycles. The Labute approximate surface area is 151 Å². The first-order chi connectivity index (χ1) is 12.1. The number of carbonyl (C=O) groups excluding carboxylic acids is 1. The summed E-state index contributed by atoms with van der Waals surface area (Å²) >= 11 is 0. The Morgan fingerprint density at radius 2 is 1.48 bits per heavy atom. The normalized spacial score (nSPS) is 11.3. The Morgan fingerprint density at radius 1 is 0.920 bits per heavy atom. The molecule has 130 valence electrons. The van der Waals surface area contributed by atoms with E-state index in [0.29, 0.717) is 12.2 Å². The van der Waals surface area contributed by atoms with Gasteiger partial charge in [0.05, 0.1) is 6.61 Å². The van der Waals surface area contributed by atoms with Gasteiger partial charge in [-0.05, 0) is 54.8 Å². The molecule has 0 N–H and O–H groups in total. The summed E-state index contributed by atoms with van der Waals surface area (Å²) in [5.41, 5.74) is 2.96. The summed E-state index contributed by atoms with van der Waals surface area (Å²) in [5.74, 6) is 7.46. The fourth-order valence-corrected chi connectivity index (χ4v) is 2.50. The van der Waals surface area contributed by atoms with Crippen molar-refractivity contribution in [3.05, 3.63) is 65.2 Å². The van der Waals surface area contributed by atoms with Crippen LogP contribution < -0.4 is 4.74 Å². The monoisotopic (exact) mass is 334 g/mol. The number of hydrogen-bond acceptors (Lipinski definition) is 2.